The Hall–Kier alpha value is -3.17. The molecule has 0 unspecified atom stereocenters. The van der Waals surface area contributed by atoms with Crippen LogP contribution in [0.2, 0.25) is 0 Å². The van der Waals surface area contributed by atoms with Crippen molar-refractivity contribution in [3.63, 3.8) is 0 Å². The molecule has 6 heteroatoms. The van der Waals surface area contributed by atoms with Crippen LogP contribution in [0.4, 0.5) is 0 Å². The smallest absolute Gasteiger partial charge is 0.259 e. The number of hydrogen-bond acceptors (Lipinski definition) is 3. The summed E-state index contributed by atoms with van der Waals surface area (Å²) in [4.78, 5) is 29.3. The van der Waals surface area contributed by atoms with Crippen LogP contribution in [-0.2, 0) is 0 Å². The van der Waals surface area contributed by atoms with Gasteiger partial charge in [0.05, 0.1) is 17.4 Å². The summed E-state index contributed by atoms with van der Waals surface area (Å²) in [6, 6.07) is 14.3. The third-order valence-electron chi connectivity index (χ3n) is 3.35. The molecule has 5 nitrogen and oxygen atoms in total. The number of aromatic amines is 2. The molecule has 118 valence electrons. The summed E-state index contributed by atoms with van der Waals surface area (Å²) < 4.78 is 0.221. The first kappa shape index (κ1) is 15.7. The first-order valence-electron chi connectivity index (χ1n) is 7.22. The van der Waals surface area contributed by atoms with E-state index in [0.717, 1.165) is 5.56 Å². The van der Waals surface area contributed by atoms with Crippen molar-refractivity contribution in [2.24, 2.45) is 0 Å². The molecule has 0 spiro atoms. The van der Waals surface area contributed by atoms with Crippen LogP contribution in [0.5, 0.6) is 0 Å². The Labute approximate surface area is 142 Å². The minimum atomic E-state index is -0.283. The molecular weight excluding hydrogens is 322 g/mol. The Kier molecular flexibility index (Phi) is 4.54. The normalized spacial score (nSPS) is 10.0. The van der Waals surface area contributed by atoms with E-state index in [-0.39, 0.29) is 22.8 Å². The van der Waals surface area contributed by atoms with Gasteiger partial charge in [-0.3, -0.25) is 14.6 Å². The lowest BCUT2D eigenvalue weighted by molar-refractivity contribution is 0.0959. The van der Waals surface area contributed by atoms with E-state index in [1.54, 1.807) is 18.2 Å². The Balaban J connectivity index is 1.74. The van der Waals surface area contributed by atoms with E-state index in [1.807, 2.05) is 30.3 Å². The largest absolute Gasteiger partial charge is 0.341 e. The topological polar surface area (TPSA) is 77.8 Å². The van der Waals surface area contributed by atoms with E-state index in [2.05, 4.69) is 27.1 Å². The molecule has 0 saturated heterocycles. The van der Waals surface area contributed by atoms with Gasteiger partial charge in [0.15, 0.2) is 4.77 Å². The lowest BCUT2D eigenvalue weighted by atomic mass is 10.1. The number of fused-ring (bicyclic) bond motifs is 1. The maximum atomic E-state index is 12.2. The van der Waals surface area contributed by atoms with Gasteiger partial charge in [-0.15, -0.1) is 0 Å². The number of carbonyl (C=O) groups excluding carboxylic acids is 1. The Morgan fingerprint density at radius 1 is 1.12 bits per heavy atom. The van der Waals surface area contributed by atoms with Crippen LogP contribution in [-0.4, -0.2) is 22.4 Å². The highest BCUT2D eigenvalue weighted by atomic mass is 32.1. The van der Waals surface area contributed by atoms with Gasteiger partial charge in [-0.05, 0) is 42.5 Å². The van der Waals surface area contributed by atoms with Gasteiger partial charge in [0.2, 0.25) is 0 Å². The van der Waals surface area contributed by atoms with Gasteiger partial charge in [-0.25, -0.2) is 0 Å². The van der Waals surface area contributed by atoms with Crippen LogP contribution in [0.15, 0.2) is 53.3 Å². The molecule has 1 heterocycles. The fraction of sp³-hybridized carbons (Fsp3) is 0.0556. The standard InChI is InChI=1S/C18H13N3O2S/c22-16(19-10-4-7-12-5-2-1-3-6-12)13-8-9-14-15(11-13)20-18(24)21-17(14)23/h1-3,5-6,8-9,11H,10H2,(H,19,22)(H2,20,21,23,24). The minimum absolute atomic E-state index is 0.221. The first-order chi connectivity index (χ1) is 11.6. The molecule has 1 amide bonds. The number of aromatic nitrogens is 2. The number of H-pyrrole nitrogens is 2. The molecule has 2 aromatic carbocycles. The monoisotopic (exact) mass is 335 g/mol. The number of nitrogens with one attached hydrogen (secondary N) is 3. The Bertz CT molecular complexity index is 1070. The fourth-order valence-electron chi connectivity index (χ4n) is 2.21. The number of hydrogen-bond donors (Lipinski definition) is 3. The molecule has 1 aromatic heterocycles. The first-order valence-corrected chi connectivity index (χ1v) is 7.63. The minimum Gasteiger partial charge on any atom is -0.341 e. The molecule has 3 aromatic rings. The van der Waals surface area contributed by atoms with Crippen molar-refractivity contribution in [2.45, 2.75) is 0 Å². The molecule has 0 aliphatic rings. The maximum Gasteiger partial charge on any atom is 0.259 e. The predicted octanol–water partition coefficient (Wildman–Crippen LogP) is 2.37. The summed E-state index contributed by atoms with van der Waals surface area (Å²) in [6.45, 7) is 0.233. The van der Waals surface area contributed by atoms with E-state index in [9.17, 15) is 9.59 Å². The third kappa shape index (κ3) is 3.59. The average Bonchev–Trinajstić information content (AvgIpc) is 2.58. The van der Waals surface area contributed by atoms with E-state index < -0.39 is 0 Å². The van der Waals surface area contributed by atoms with E-state index in [0.29, 0.717) is 16.5 Å². The van der Waals surface area contributed by atoms with Crippen molar-refractivity contribution < 1.29 is 4.79 Å². The number of carbonyl (C=O) groups is 1. The molecule has 0 saturated carbocycles. The molecule has 0 radical (unpaired) electrons. The van der Waals surface area contributed by atoms with Crippen LogP contribution in [0.25, 0.3) is 10.9 Å². The molecule has 0 fully saturated rings. The van der Waals surface area contributed by atoms with Crippen molar-refractivity contribution in [3.05, 3.63) is 74.8 Å². The molecule has 0 aliphatic heterocycles. The predicted molar refractivity (Wildman–Crippen MR) is 95.4 cm³/mol. The van der Waals surface area contributed by atoms with Crippen molar-refractivity contribution in [2.75, 3.05) is 6.54 Å². The Morgan fingerprint density at radius 3 is 2.71 bits per heavy atom. The molecule has 0 atom stereocenters. The zero-order valence-corrected chi connectivity index (χ0v) is 13.4. The molecular formula is C18H13N3O2S. The molecule has 0 aliphatic carbocycles. The Morgan fingerprint density at radius 2 is 1.92 bits per heavy atom. The quantitative estimate of drug-likeness (QED) is 0.497. The molecule has 24 heavy (non-hydrogen) atoms. The SMILES string of the molecule is O=C(NCC#Cc1ccccc1)c1ccc2c(=O)[nH]c(=S)[nH]c2c1. The number of benzene rings is 2. The lowest BCUT2D eigenvalue weighted by Gasteiger charge is -2.03. The van der Waals surface area contributed by atoms with Gasteiger partial charge >= 0.3 is 0 Å². The van der Waals surface area contributed by atoms with Crippen LogP contribution >= 0.6 is 12.2 Å². The van der Waals surface area contributed by atoms with Gasteiger partial charge in [0.25, 0.3) is 11.5 Å². The van der Waals surface area contributed by atoms with E-state index in [4.69, 9.17) is 12.2 Å². The third-order valence-corrected chi connectivity index (χ3v) is 3.55. The highest BCUT2D eigenvalue weighted by Crippen LogP contribution is 2.09. The summed E-state index contributed by atoms with van der Waals surface area (Å²) in [5.74, 6) is 5.60. The van der Waals surface area contributed by atoms with Crippen LogP contribution in [0, 0.1) is 16.6 Å². The van der Waals surface area contributed by atoms with Gasteiger partial charge in [-0.1, -0.05) is 30.0 Å². The number of amides is 1. The van der Waals surface area contributed by atoms with Crippen molar-refractivity contribution in [3.8, 4) is 11.8 Å². The second-order valence-electron chi connectivity index (χ2n) is 5.02. The number of rotatable bonds is 2. The highest BCUT2D eigenvalue weighted by Gasteiger charge is 2.07. The van der Waals surface area contributed by atoms with Crippen molar-refractivity contribution in [1.82, 2.24) is 15.3 Å². The van der Waals surface area contributed by atoms with Crippen LogP contribution < -0.4 is 10.9 Å². The van der Waals surface area contributed by atoms with Crippen molar-refractivity contribution in [1.29, 1.82) is 0 Å². The maximum absolute atomic E-state index is 12.2. The highest BCUT2D eigenvalue weighted by molar-refractivity contribution is 7.71. The zero-order valence-electron chi connectivity index (χ0n) is 12.6. The molecule has 0 bridgehead atoms. The van der Waals surface area contributed by atoms with Gasteiger partial charge in [0.1, 0.15) is 0 Å². The lowest BCUT2D eigenvalue weighted by Crippen LogP contribution is -2.23. The second-order valence-corrected chi connectivity index (χ2v) is 5.43. The summed E-state index contributed by atoms with van der Waals surface area (Å²) >= 11 is 4.94. The van der Waals surface area contributed by atoms with Gasteiger partial charge < -0.3 is 10.3 Å². The van der Waals surface area contributed by atoms with Gasteiger partial charge in [0, 0.05) is 11.1 Å². The summed E-state index contributed by atoms with van der Waals surface area (Å²) in [5, 5.41) is 3.17. The van der Waals surface area contributed by atoms with E-state index in [1.165, 1.54) is 0 Å². The van der Waals surface area contributed by atoms with E-state index >= 15 is 0 Å². The zero-order chi connectivity index (χ0) is 16.9. The van der Waals surface area contributed by atoms with Crippen LogP contribution in [0.1, 0.15) is 15.9 Å². The average molecular weight is 335 g/mol. The fourth-order valence-corrected chi connectivity index (χ4v) is 2.41. The second kappa shape index (κ2) is 6.94. The summed E-state index contributed by atoms with van der Waals surface area (Å²) in [6.07, 6.45) is 0. The summed E-state index contributed by atoms with van der Waals surface area (Å²) in [5.41, 5.74) is 1.56. The summed E-state index contributed by atoms with van der Waals surface area (Å²) in [7, 11) is 0. The molecule has 3 rings (SSSR count). The van der Waals surface area contributed by atoms with Crippen LogP contribution in [0.3, 0.4) is 0 Å². The van der Waals surface area contributed by atoms with Gasteiger partial charge in [-0.2, -0.15) is 0 Å². The van der Waals surface area contributed by atoms with Crippen molar-refractivity contribution >= 4 is 29.0 Å². The molecule has 3 N–H and O–H groups in total.